The Hall–Kier alpha value is -0.0500. The molecule has 0 aliphatic heterocycles. The first kappa shape index (κ1) is 11.0. The number of halogens is 2. The van der Waals surface area contributed by atoms with E-state index in [-0.39, 0.29) is 6.10 Å². The number of aliphatic hydroxyl groups excluding tert-OH is 1. The van der Waals surface area contributed by atoms with Gasteiger partial charge in [-0.3, -0.25) is 0 Å². The summed E-state index contributed by atoms with van der Waals surface area (Å²) >= 11 is 9.43. The highest BCUT2D eigenvalue weighted by Crippen LogP contribution is 2.26. The zero-order chi connectivity index (χ0) is 9.84. The number of benzene rings is 1. The molecule has 1 nitrogen and oxygen atoms in total. The second-order valence-corrected chi connectivity index (χ2v) is 4.35. The number of rotatable bonds is 3. The summed E-state index contributed by atoms with van der Waals surface area (Å²) in [6.07, 6.45) is 1.27. The molecule has 0 saturated carbocycles. The Kier molecular flexibility index (Phi) is 4.23. The van der Waals surface area contributed by atoms with Crippen LogP contribution in [0.15, 0.2) is 22.7 Å². The number of hydrogen-bond donors (Lipinski definition) is 1. The van der Waals surface area contributed by atoms with E-state index < -0.39 is 0 Å². The largest absolute Gasteiger partial charge is 0.393 e. The standard InChI is InChI=1S/C10H12BrClO/c1-7(13)5-6-8-9(11)3-2-4-10(8)12/h2-4,7,13H,5-6H2,1H3/t7-/m1/s1. The van der Waals surface area contributed by atoms with E-state index in [1.54, 1.807) is 6.92 Å². The Morgan fingerprint density at radius 2 is 2.23 bits per heavy atom. The van der Waals surface area contributed by atoms with Crippen molar-refractivity contribution < 1.29 is 5.11 Å². The van der Waals surface area contributed by atoms with Crippen LogP contribution < -0.4 is 0 Å². The molecule has 1 aromatic carbocycles. The van der Waals surface area contributed by atoms with Crippen LogP contribution in [0.4, 0.5) is 0 Å². The molecule has 1 N–H and O–H groups in total. The van der Waals surface area contributed by atoms with Crippen LogP contribution in [0.3, 0.4) is 0 Å². The van der Waals surface area contributed by atoms with Crippen LogP contribution in [-0.2, 0) is 6.42 Å². The third-order valence-electron chi connectivity index (χ3n) is 1.87. The van der Waals surface area contributed by atoms with Gasteiger partial charge in [0.05, 0.1) is 6.10 Å². The third kappa shape index (κ3) is 3.29. The summed E-state index contributed by atoms with van der Waals surface area (Å²) in [5.41, 5.74) is 1.07. The van der Waals surface area contributed by atoms with E-state index in [9.17, 15) is 0 Å². The van der Waals surface area contributed by atoms with E-state index in [4.69, 9.17) is 16.7 Å². The van der Waals surface area contributed by atoms with Crippen molar-refractivity contribution >= 4 is 27.5 Å². The van der Waals surface area contributed by atoms with Gasteiger partial charge in [-0.15, -0.1) is 0 Å². The SMILES string of the molecule is C[C@@H](O)CCc1c(Cl)cccc1Br. The van der Waals surface area contributed by atoms with Gasteiger partial charge < -0.3 is 5.11 Å². The van der Waals surface area contributed by atoms with Gasteiger partial charge in [0.1, 0.15) is 0 Å². The predicted molar refractivity (Wildman–Crippen MR) is 59.2 cm³/mol. The van der Waals surface area contributed by atoms with Crippen LogP contribution in [-0.4, -0.2) is 11.2 Å². The van der Waals surface area contributed by atoms with Crippen molar-refractivity contribution in [1.82, 2.24) is 0 Å². The molecule has 3 heteroatoms. The van der Waals surface area contributed by atoms with Crippen LogP contribution in [0.2, 0.25) is 5.02 Å². The van der Waals surface area contributed by atoms with Gasteiger partial charge in [-0.1, -0.05) is 33.6 Å². The summed E-state index contributed by atoms with van der Waals surface area (Å²) in [5.74, 6) is 0. The van der Waals surface area contributed by atoms with Crippen molar-refractivity contribution in [2.45, 2.75) is 25.9 Å². The molecule has 0 spiro atoms. The lowest BCUT2D eigenvalue weighted by Crippen LogP contribution is -2.02. The van der Waals surface area contributed by atoms with Crippen LogP contribution in [0.1, 0.15) is 18.9 Å². The molecule has 1 atom stereocenters. The summed E-state index contributed by atoms with van der Waals surface area (Å²) in [6, 6.07) is 5.73. The van der Waals surface area contributed by atoms with Gasteiger partial charge in [0, 0.05) is 9.50 Å². The normalized spacial score (nSPS) is 12.9. The Bertz CT molecular complexity index is 266. The highest BCUT2D eigenvalue weighted by molar-refractivity contribution is 9.10. The Morgan fingerprint density at radius 3 is 2.77 bits per heavy atom. The molecule has 13 heavy (non-hydrogen) atoms. The fourth-order valence-corrected chi connectivity index (χ4v) is 2.07. The van der Waals surface area contributed by atoms with Crippen LogP contribution in [0.5, 0.6) is 0 Å². The average molecular weight is 264 g/mol. The van der Waals surface area contributed by atoms with E-state index in [2.05, 4.69) is 15.9 Å². The fraction of sp³-hybridized carbons (Fsp3) is 0.400. The van der Waals surface area contributed by atoms with Crippen molar-refractivity contribution in [3.05, 3.63) is 33.3 Å². The molecule has 0 saturated heterocycles. The maximum Gasteiger partial charge on any atom is 0.0515 e. The maximum absolute atomic E-state index is 9.14. The number of aliphatic hydroxyl groups is 1. The topological polar surface area (TPSA) is 20.2 Å². The Labute approximate surface area is 91.9 Å². The monoisotopic (exact) mass is 262 g/mol. The second kappa shape index (κ2) is 4.99. The van der Waals surface area contributed by atoms with Crippen LogP contribution >= 0.6 is 27.5 Å². The molecule has 0 aliphatic carbocycles. The van der Waals surface area contributed by atoms with E-state index in [1.165, 1.54) is 0 Å². The van der Waals surface area contributed by atoms with Gasteiger partial charge in [0.15, 0.2) is 0 Å². The molecular weight excluding hydrogens is 251 g/mol. The summed E-state index contributed by atoms with van der Waals surface area (Å²) < 4.78 is 1.01. The minimum Gasteiger partial charge on any atom is -0.393 e. The summed E-state index contributed by atoms with van der Waals surface area (Å²) in [4.78, 5) is 0. The first-order valence-corrected chi connectivity index (χ1v) is 5.39. The fourth-order valence-electron chi connectivity index (χ4n) is 1.12. The van der Waals surface area contributed by atoms with Crippen molar-refractivity contribution in [2.75, 3.05) is 0 Å². The van der Waals surface area contributed by atoms with Crippen molar-refractivity contribution in [2.24, 2.45) is 0 Å². The van der Waals surface area contributed by atoms with Crippen LogP contribution in [0.25, 0.3) is 0 Å². The maximum atomic E-state index is 9.14. The molecule has 0 aromatic heterocycles. The van der Waals surface area contributed by atoms with Gasteiger partial charge in [0.25, 0.3) is 0 Å². The van der Waals surface area contributed by atoms with Crippen molar-refractivity contribution in [3.8, 4) is 0 Å². The lowest BCUT2D eigenvalue weighted by molar-refractivity contribution is 0.185. The first-order chi connectivity index (χ1) is 6.11. The van der Waals surface area contributed by atoms with Gasteiger partial charge in [0.2, 0.25) is 0 Å². The molecule has 0 unspecified atom stereocenters. The molecule has 0 radical (unpaired) electrons. The molecule has 72 valence electrons. The van der Waals surface area contributed by atoms with Gasteiger partial charge in [-0.2, -0.15) is 0 Å². The molecule has 0 fully saturated rings. The summed E-state index contributed by atoms with van der Waals surface area (Å²) in [7, 11) is 0. The second-order valence-electron chi connectivity index (χ2n) is 3.09. The molecule has 0 heterocycles. The molecule has 0 bridgehead atoms. The average Bonchev–Trinajstić information content (AvgIpc) is 2.03. The van der Waals surface area contributed by atoms with E-state index in [0.717, 1.165) is 27.9 Å². The minimum absolute atomic E-state index is 0.275. The molecule has 1 rings (SSSR count). The Morgan fingerprint density at radius 1 is 1.54 bits per heavy atom. The highest BCUT2D eigenvalue weighted by atomic mass is 79.9. The summed E-state index contributed by atoms with van der Waals surface area (Å²) in [6.45, 7) is 1.78. The molecule has 0 amide bonds. The van der Waals surface area contributed by atoms with Gasteiger partial charge in [-0.05, 0) is 37.5 Å². The predicted octanol–water partition coefficient (Wildman–Crippen LogP) is 3.42. The summed E-state index contributed by atoms with van der Waals surface area (Å²) in [5, 5.41) is 9.90. The van der Waals surface area contributed by atoms with Crippen molar-refractivity contribution in [1.29, 1.82) is 0 Å². The quantitative estimate of drug-likeness (QED) is 0.886. The van der Waals surface area contributed by atoms with E-state index in [1.807, 2.05) is 18.2 Å². The zero-order valence-corrected chi connectivity index (χ0v) is 9.77. The lowest BCUT2D eigenvalue weighted by Gasteiger charge is -2.08. The number of hydrogen-bond acceptors (Lipinski definition) is 1. The first-order valence-electron chi connectivity index (χ1n) is 4.22. The Balaban J connectivity index is 2.75. The van der Waals surface area contributed by atoms with Crippen molar-refractivity contribution in [3.63, 3.8) is 0 Å². The molecule has 0 aliphatic rings. The van der Waals surface area contributed by atoms with E-state index in [0.29, 0.717) is 0 Å². The smallest absolute Gasteiger partial charge is 0.0515 e. The van der Waals surface area contributed by atoms with E-state index >= 15 is 0 Å². The van der Waals surface area contributed by atoms with Gasteiger partial charge in [-0.25, -0.2) is 0 Å². The van der Waals surface area contributed by atoms with Crippen LogP contribution in [0, 0.1) is 0 Å². The molecular formula is C10H12BrClO. The van der Waals surface area contributed by atoms with Gasteiger partial charge >= 0.3 is 0 Å². The molecule has 1 aromatic rings. The minimum atomic E-state index is -0.275. The zero-order valence-electron chi connectivity index (χ0n) is 7.43. The lowest BCUT2D eigenvalue weighted by atomic mass is 10.1. The highest BCUT2D eigenvalue weighted by Gasteiger charge is 2.05. The third-order valence-corrected chi connectivity index (χ3v) is 2.97.